The maximum Gasteiger partial charge on any atom is 0.234 e. The van der Waals surface area contributed by atoms with Crippen LogP contribution in [0, 0.1) is 5.41 Å². The summed E-state index contributed by atoms with van der Waals surface area (Å²) in [4.78, 5) is 34.5. The Morgan fingerprint density at radius 2 is 1.72 bits per heavy atom. The van der Waals surface area contributed by atoms with Crippen molar-refractivity contribution >= 4 is 17.7 Å². The smallest absolute Gasteiger partial charge is 0.234 e. The maximum atomic E-state index is 11.3. The zero-order chi connectivity index (χ0) is 22.8. The maximum absolute atomic E-state index is 11.3. The normalized spacial score (nSPS) is 19.8. The van der Waals surface area contributed by atoms with Crippen molar-refractivity contribution in [3.05, 3.63) is 66.7 Å². The number of hydrogen-bond donors (Lipinski definition) is 3. The summed E-state index contributed by atoms with van der Waals surface area (Å²) in [6, 6.07) is 7.75. The topological polar surface area (TPSA) is 99.8 Å². The number of benzene rings is 1. The molecule has 5 rings (SSSR count). The number of piperidine rings is 1. The van der Waals surface area contributed by atoms with Gasteiger partial charge in [0.1, 0.15) is 5.75 Å². The first-order valence-corrected chi connectivity index (χ1v) is 10.8. The van der Waals surface area contributed by atoms with Crippen molar-refractivity contribution < 1.29 is 19.1 Å². The molecule has 4 heterocycles. The second-order valence-corrected chi connectivity index (χ2v) is 7.85. The summed E-state index contributed by atoms with van der Waals surface area (Å²) in [5.74, 6) is 1.27. The van der Waals surface area contributed by atoms with Crippen LogP contribution in [0.1, 0.15) is 31.2 Å². The average Bonchev–Trinajstić information content (AvgIpc) is 3.54. The van der Waals surface area contributed by atoms with E-state index in [0.29, 0.717) is 19.4 Å². The fourth-order valence-electron chi connectivity index (χ4n) is 3.69. The van der Waals surface area contributed by atoms with Gasteiger partial charge in [-0.25, -0.2) is 0 Å². The SMILES string of the molecule is COc1ccc(CN2C=CCC2=O)cc1.O=C1CC=CN1.O=C1NC=CC12CCNCC2. The van der Waals surface area contributed by atoms with Gasteiger partial charge < -0.3 is 25.6 Å². The number of carbonyl (C=O) groups is 3. The van der Waals surface area contributed by atoms with Crippen molar-refractivity contribution in [1.29, 1.82) is 0 Å². The highest BCUT2D eigenvalue weighted by Gasteiger charge is 2.39. The van der Waals surface area contributed by atoms with Crippen LogP contribution in [0.3, 0.4) is 0 Å². The summed E-state index contributed by atoms with van der Waals surface area (Å²) in [6.07, 6.45) is 13.9. The molecule has 170 valence electrons. The average molecular weight is 439 g/mol. The summed E-state index contributed by atoms with van der Waals surface area (Å²) in [5, 5.41) is 8.48. The Morgan fingerprint density at radius 1 is 0.969 bits per heavy atom. The Morgan fingerprint density at radius 3 is 2.19 bits per heavy atom. The van der Waals surface area contributed by atoms with Crippen molar-refractivity contribution in [3.63, 3.8) is 0 Å². The largest absolute Gasteiger partial charge is 0.497 e. The van der Waals surface area contributed by atoms with Crippen molar-refractivity contribution in [2.24, 2.45) is 5.41 Å². The Labute approximate surface area is 188 Å². The molecular weight excluding hydrogens is 408 g/mol. The highest BCUT2D eigenvalue weighted by molar-refractivity contribution is 5.88. The predicted molar refractivity (Wildman–Crippen MR) is 121 cm³/mol. The van der Waals surface area contributed by atoms with Gasteiger partial charge in [-0.2, -0.15) is 0 Å². The Bertz CT molecular complexity index is 889. The van der Waals surface area contributed by atoms with Gasteiger partial charge in [-0.15, -0.1) is 0 Å². The Balaban J connectivity index is 0.000000148. The molecule has 0 bridgehead atoms. The van der Waals surface area contributed by atoms with Gasteiger partial charge in [0, 0.05) is 31.4 Å². The van der Waals surface area contributed by atoms with Gasteiger partial charge in [0.25, 0.3) is 0 Å². The van der Waals surface area contributed by atoms with Crippen molar-refractivity contribution in [1.82, 2.24) is 20.9 Å². The van der Waals surface area contributed by atoms with Gasteiger partial charge >= 0.3 is 0 Å². The number of hydrogen-bond acceptors (Lipinski definition) is 5. The van der Waals surface area contributed by atoms with Crippen LogP contribution < -0.4 is 20.7 Å². The molecule has 1 aromatic carbocycles. The monoisotopic (exact) mass is 438 g/mol. The van der Waals surface area contributed by atoms with E-state index in [9.17, 15) is 14.4 Å². The lowest BCUT2D eigenvalue weighted by molar-refractivity contribution is -0.128. The summed E-state index contributed by atoms with van der Waals surface area (Å²) < 4.78 is 5.07. The molecule has 1 aromatic rings. The molecule has 8 heteroatoms. The summed E-state index contributed by atoms with van der Waals surface area (Å²) in [5.41, 5.74) is 0.946. The van der Waals surface area contributed by atoms with E-state index in [0.717, 1.165) is 37.2 Å². The quantitative estimate of drug-likeness (QED) is 0.670. The summed E-state index contributed by atoms with van der Waals surface area (Å²) >= 11 is 0. The molecule has 4 aliphatic heterocycles. The summed E-state index contributed by atoms with van der Waals surface area (Å²) in [7, 11) is 1.64. The standard InChI is InChI=1S/C12H13NO2.C8H12N2O.C4H5NO/c1-15-11-6-4-10(5-7-11)9-13-8-2-3-12(13)14;11-7-8(3-6-10-7)1-4-9-5-2-8;6-4-2-1-3-5-4/h2,4-8H,3,9H2,1H3;3,6,9H,1-2,4-5H2,(H,10,11);1,3H,2H2,(H,5,6). The fraction of sp³-hybridized carbons (Fsp3) is 0.375. The van der Waals surface area contributed by atoms with E-state index in [4.69, 9.17) is 4.74 Å². The third-order valence-corrected chi connectivity index (χ3v) is 5.64. The van der Waals surface area contributed by atoms with E-state index < -0.39 is 0 Å². The lowest BCUT2D eigenvalue weighted by Crippen LogP contribution is -2.41. The predicted octanol–water partition coefficient (Wildman–Crippen LogP) is 1.96. The van der Waals surface area contributed by atoms with E-state index in [1.54, 1.807) is 30.5 Å². The van der Waals surface area contributed by atoms with Gasteiger partial charge in [-0.3, -0.25) is 14.4 Å². The summed E-state index contributed by atoms with van der Waals surface area (Å²) in [6.45, 7) is 2.55. The zero-order valence-corrected chi connectivity index (χ0v) is 18.3. The molecule has 0 atom stereocenters. The highest BCUT2D eigenvalue weighted by atomic mass is 16.5. The van der Waals surface area contributed by atoms with Crippen LogP contribution in [-0.2, 0) is 20.9 Å². The fourth-order valence-corrected chi connectivity index (χ4v) is 3.69. The number of amides is 3. The van der Waals surface area contributed by atoms with Crippen LogP contribution >= 0.6 is 0 Å². The second kappa shape index (κ2) is 11.3. The highest BCUT2D eigenvalue weighted by Crippen LogP contribution is 2.33. The third kappa shape index (κ3) is 6.31. The molecule has 0 saturated carbocycles. The van der Waals surface area contributed by atoms with E-state index in [1.165, 1.54) is 0 Å². The lowest BCUT2D eigenvalue weighted by atomic mass is 9.80. The van der Waals surface area contributed by atoms with Crippen LogP contribution in [-0.4, -0.2) is 42.8 Å². The van der Waals surface area contributed by atoms with Crippen molar-refractivity contribution in [3.8, 4) is 5.75 Å². The van der Waals surface area contributed by atoms with E-state index >= 15 is 0 Å². The number of ether oxygens (including phenoxy) is 1. The van der Waals surface area contributed by atoms with Crippen LogP contribution in [0.2, 0.25) is 0 Å². The molecule has 0 radical (unpaired) electrons. The number of nitrogens with one attached hydrogen (secondary N) is 3. The van der Waals surface area contributed by atoms with Gasteiger partial charge in [0.05, 0.1) is 19.1 Å². The van der Waals surface area contributed by atoms with Gasteiger partial charge in [-0.1, -0.05) is 30.4 Å². The zero-order valence-electron chi connectivity index (χ0n) is 18.3. The first-order valence-electron chi connectivity index (χ1n) is 10.8. The minimum atomic E-state index is -0.161. The van der Waals surface area contributed by atoms with Crippen LogP contribution in [0.15, 0.2) is 61.1 Å². The minimum Gasteiger partial charge on any atom is -0.497 e. The van der Waals surface area contributed by atoms with Gasteiger partial charge in [0.2, 0.25) is 17.7 Å². The number of carbonyl (C=O) groups excluding carboxylic acids is 3. The lowest BCUT2D eigenvalue weighted by Gasteiger charge is -2.29. The molecule has 0 unspecified atom stereocenters. The first kappa shape index (κ1) is 23.3. The molecule has 3 amide bonds. The number of rotatable bonds is 3. The number of nitrogens with zero attached hydrogens (tertiary/aromatic N) is 1. The molecular formula is C24H30N4O4. The first-order chi connectivity index (χ1) is 15.5. The molecule has 4 aliphatic rings. The van der Waals surface area contributed by atoms with E-state index in [2.05, 4.69) is 16.0 Å². The second-order valence-electron chi connectivity index (χ2n) is 7.85. The van der Waals surface area contributed by atoms with Crippen molar-refractivity contribution in [2.75, 3.05) is 20.2 Å². The van der Waals surface area contributed by atoms with Crippen LogP contribution in [0.5, 0.6) is 5.75 Å². The van der Waals surface area contributed by atoms with Crippen LogP contribution in [0.25, 0.3) is 0 Å². The molecule has 0 aliphatic carbocycles. The van der Waals surface area contributed by atoms with Gasteiger partial charge in [0.15, 0.2) is 0 Å². The Hall–Kier alpha value is -3.39. The molecule has 1 fully saturated rings. The van der Waals surface area contributed by atoms with E-state index in [-0.39, 0.29) is 23.1 Å². The van der Waals surface area contributed by atoms with Crippen molar-refractivity contribution in [2.45, 2.75) is 32.2 Å². The van der Waals surface area contributed by atoms with Crippen LogP contribution in [0.4, 0.5) is 0 Å². The van der Waals surface area contributed by atoms with E-state index in [1.807, 2.05) is 42.6 Å². The third-order valence-electron chi connectivity index (χ3n) is 5.64. The molecule has 32 heavy (non-hydrogen) atoms. The molecule has 8 nitrogen and oxygen atoms in total. The molecule has 3 N–H and O–H groups in total. The molecule has 1 saturated heterocycles. The number of methoxy groups -OCH3 is 1. The molecule has 0 aromatic heterocycles. The van der Waals surface area contributed by atoms with Gasteiger partial charge in [-0.05, 0) is 43.6 Å². The Kier molecular flexibility index (Phi) is 8.21. The minimum absolute atomic E-state index is 0.0926. The molecule has 1 spiro atoms.